The van der Waals surface area contributed by atoms with Crippen LogP contribution in [0.3, 0.4) is 0 Å². The van der Waals surface area contributed by atoms with E-state index >= 15 is 0 Å². The van der Waals surface area contributed by atoms with Crippen LogP contribution in [-0.4, -0.2) is 25.7 Å². The molecule has 1 unspecified atom stereocenters. The lowest BCUT2D eigenvalue weighted by Crippen LogP contribution is -2.31. The molecule has 1 atom stereocenters. The molecule has 156 valence electrons. The Morgan fingerprint density at radius 2 is 1.76 bits per heavy atom. The summed E-state index contributed by atoms with van der Waals surface area (Å²) < 4.78 is 10.8. The minimum Gasteiger partial charge on any atom is -0.493 e. The molecule has 1 aromatic heterocycles. The van der Waals surface area contributed by atoms with Crippen LogP contribution in [0.2, 0.25) is 0 Å². The summed E-state index contributed by atoms with van der Waals surface area (Å²) in [4.78, 5) is 3.70. The van der Waals surface area contributed by atoms with Gasteiger partial charge in [-0.2, -0.15) is 0 Å². The standard InChI is InChI=1S/C24H30N2O2.ClH/c1-24(2,3)16-7-8-19-18(14-16)17-10-11-25-20(23(17)26-19)12-15-6-9-21(27-4)22(13-15)28-5;/h6-9,13-14,20,25-26H,10-12H2,1-5H3;1H. The maximum Gasteiger partial charge on any atom is 0.160 e. The number of rotatable bonds is 4. The van der Waals surface area contributed by atoms with Gasteiger partial charge in [0.05, 0.1) is 20.3 Å². The number of aromatic nitrogens is 1. The molecular formula is C24H31ClN2O2. The molecule has 0 amide bonds. The molecule has 5 heteroatoms. The molecule has 2 N–H and O–H groups in total. The average molecular weight is 415 g/mol. The Labute approximate surface area is 179 Å². The quantitative estimate of drug-likeness (QED) is 0.606. The molecule has 0 saturated heterocycles. The second kappa shape index (κ2) is 8.29. The molecule has 0 saturated carbocycles. The number of benzene rings is 2. The molecule has 4 rings (SSSR count). The summed E-state index contributed by atoms with van der Waals surface area (Å²) in [6.07, 6.45) is 1.97. The maximum atomic E-state index is 5.48. The van der Waals surface area contributed by atoms with Crippen molar-refractivity contribution < 1.29 is 9.47 Å². The number of H-pyrrole nitrogens is 1. The molecule has 0 bridgehead atoms. The van der Waals surface area contributed by atoms with Gasteiger partial charge in [0.15, 0.2) is 11.5 Å². The number of methoxy groups -OCH3 is 2. The van der Waals surface area contributed by atoms with E-state index in [1.807, 2.05) is 6.07 Å². The summed E-state index contributed by atoms with van der Waals surface area (Å²) in [6.45, 7) is 7.82. The smallest absolute Gasteiger partial charge is 0.160 e. The van der Waals surface area contributed by atoms with Crippen LogP contribution in [0.25, 0.3) is 10.9 Å². The fourth-order valence-electron chi connectivity index (χ4n) is 4.19. The van der Waals surface area contributed by atoms with Crippen LogP contribution in [-0.2, 0) is 18.3 Å². The van der Waals surface area contributed by atoms with Gasteiger partial charge >= 0.3 is 0 Å². The van der Waals surface area contributed by atoms with Crippen molar-refractivity contribution in [3.05, 3.63) is 58.8 Å². The predicted octanol–water partition coefficient (Wildman–Crippen LogP) is 5.33. The normalized spacial score (nSPS) is 16.2. The number of hydrogen-bond acceptors (Lipinski definition) is 3. The lowest BCUT2D eigenvalue weighted by molar-refractivity contribution is 0.354. The predicted molar refractivity (Wildman–Crippen MR) is 122 cm³/mol. The average Bonchev–Trinajstić information content (AvgIpc) is 3.06. The number of ether oxygens (including phenoxy) is 2. The van der Waals surface area contributed by atoms with Crippen molar-refractivity contribution in [1.82, 2.24) is 10.3 Å². The van der Waals surface area contributed by atoms with Crippen LogP contribution in [0.4, 0.5) is 0 Å². The maximum absolute atomic E-state index is 5.48. The van der Waals surface area contributed by atoms with Crippen molar-refractivity contribution >= 4 is 23.3 Å². The summed E-state index contributed by atoms with van der Waals surface area (Å²) in [6, 6.07) is 13.3. The van der Waals surface area contributed by atoms with Gasteiger partial charge < -0.3 is 19.8 Å². The van der Waals surface area contributed by atoms with Crippen LogP contribution in [0, 0.1) is 0 Å². The second-order valence-electron chi connectivity index (χ2n) is 8.68. The van der Waals surface area contributed by atoms with Crippen LogP contribution in [0.5, 0.6) is 11.5 Å². The Balaban J connectivity index is 0.00000240. The van der Waals surface area contributed by atoms with Crippen molar-refractivity contribution in [2.45, 2.75) is 45.1 Å². The number of hydrogen-bond donors (Lipinski definition) is 2. The molecule has 2 heterocycles. The van der Waals surface area contributed by atoms with Gasteiger partial charge in [-0.3, -0.25) is 0 Å². The molecule has 29 heavy (non-hydrogen) atoms. The van der Waals surface area contributed by atoms with Crippen molar-refractivity contribution in [3.8, 4) is 11.5 Å². The topological polar surface area (TPSA) is 46.3 Å². The molecule has 1 aliphatic rings. The number of nitrogens with one attached hydrogen (secondary N) is 2. The van der Waals surface area contributed by atoms with Crippen LogP contribution in [0.1, 0.15) is 49.2 Å². The highest BCUT2D eigenvalue weighted by Gasteiger charge is 2.25. The second-order valence-corrected chi connectivity index (χ2v) is 8.68. The van der Waals surface area contributed by atoms with Crippen molar-refractivity contribution in [1.29, 1.82) is 0 Å². The molecule has 0 spiro atoms. The minimum atomic E-state index is 0. The van der Waals surface area contributed by atoms with Gasteiger partial charge in [-0.25, -0.2) is 0 Å². The first kappa shape index (κ1) is 21.5. The SMILES string of the molecule is COc1ccc(CC2NCCc3c2[nH]c2ccc(C(C)(C)C)cc32)cc1OC.Cl. The Morgan fingerprint density at radius 3 is 2.45 bits per heavy atom. The summed E-state index contributed by atoms with van der Waals surface area (Å²) in [5.41, 5.74) is 6.80. The van der Waals surface area contributed by atoms with E-state index in [0.717, 1.165) is 30.9 Å². The third-order valence-electron chi connectivity index (χ3n) is 5.81. The van der Waals surface area contributed by atoms with E-state index in [1.54, 1.807) is 14.2 Å². The van der Waals surface area contributed by atoms with Crippen LogP contribution >= 0.6 is 12.4 Å². The highest BCUT2D eigenvalue weighted by Crippen LogP contribution is 2.35. The Kier molecular flexibility index (Phi) is 6.16. The van der Waals surface area contributed by atoms with Gasteiger partial charge in [-0.05, 0) is 65.8 Å². The zero-order valence-electron chi connectivity index (χ0n) is 17.9. The third-order valence-corrected chi connectivity index (χ3v) is 5.81. The number of aromatic amines is 1. The van der Waals surface area contributed by atoms with Gasteiger partial charge in [-0.1, -0.05) is 32.9 Å². The van der Waals surface area contributed by atoms with E-state index in [0.29, 0.717) is 0 Å². The van der Waals surface area contributed by atoms with E-state index in [2.05, 4.69) is 61.4 Å². The van der Waals surface area contributed by atoms with Crippen molar-refractivity contribution in [3.63, 3.8) is 0 Å². The van der Waals surface area contributed by atoms with E-state index in [-0.39, 0.29) is 23.9 Å². The van der Waals surface area contributed by atoms with Gasteiger partial charge in [-0.15, -0.1) is 12.4 Å². The summed E-state index contributed by atoms with van der Waals surface area (Å²) in [7, 11) is 3.35. The van der Waals surface area contributed by atoms with Crippen molar-refractivity contribution in [2.24, 2.45) is 0 Å². The molecule has 2 aromatic carbocycles. The van der Waals surface area contributed by atoms with Gasteiger partial charge in [0.25, 0.3) is 0 Å². The Morgan fingerprint density at radius 1 is 1.00 bits per heavy atom. The minimum absolute atomic E-state index is 0. The molecular weight excluding hydrogens is 384 g/mol. The third kappa shape index (κ3) is 4.10. The van der Waals surface area contributed by atoms with Crippen LogP contribution < -0.4 is 14.8 Å². The fourth-order valence-corrected chi connectivity index (χ4v) is 4.19. The van der Waals surface area contributed by atoms with Crippen LogP contribution in [0.15, 0.2) is 36.4 Å². The van der Waals surface area contributed by atoms with E-state index < -0.39 is 0 Å². The molecule has 3 aromatic rings. The summed E-state index contributed by atoms with van der Waals surface area (Å²) >= 11 is 0. The first-order valence-corrected chi connectivity index (χ1v) is 10.00. The molecule has 1 aliphatic heterocycles. The Bertz CT molecular complexity index is 1000. The zero-order valence-corrected chi connectivity index (χ0v) is 18.7. The largest absolute Gasteiger partial charge is 0.493 e. The first-order chi connectivity index (χ1) is 13.4. The number of fused-ring (bicyclic) bond motifs is 3. The van der Waals surface area contributed by atoms with E-state index in [1.165, 1.54) is 33.3 Å². The lowest BCUT2D eigenvalue weighted by atomic mass is 9.85. The van der Waals surface area contributed by atoms with Gasteiger partial charge in [0.2, 0.25) is 0 Å². The van der Waals surface area contributed by atoms with Crippen molar-refractivity contribution in [2.75, 3.05) is 20.8 Å². The lowest BCUT2D eigenvalue weighted by Gasteiger charge is -2.25. The molecule has 0 fully saturated rings. The van der Waals surface area contributed by atoms with E-state index in [9.17, 15) is 0 Å². The first-order valence-electron chi connectivity index (χ1n) is 10.00. The summed E-state index contributed by atoms with van der Waals surface area (Å²) in [5, 5.41) is 5.07. The van der Waals surface area contributed by atoms with Gasteiger partial charge in [0.1, 0.15) is 0 Å². The highest BCUT2D eigenvalue weighted by atomic mass is 35.5. The summed E-state index contributed by atoms with van der Waals surface area (Å²) in [5.74, 6) is 1.55. The highest BCUT2D eigenvalue weighted by molar-refractivity contribution is 5.86. The van der Waals surface area contributed by atoms with E-state index in [4.69, 9.17) is 9.47 Å². The monoisotopic (exact) mass is 414 g/mol. The number of halogens is 1. The molecule has 4 nitrogen and oxygen atoms in total. The molecule has 0 radical (unpaired) electrons. The Hall–Kier alpha value is -2.17. The fraction of sp³-hybridized carbons (Fsp3) is 0.417. The zero-order chi connectivity index (χ0) is 19.9. The van der Waals surface area contributed by atoms with Gasteiger partial charge in [0, 0.05) is 16.6 Å². The molecule has 0 aliphatic carbocycles.